The number of ether oxygens (including phenoxy) is 2. The predicted octanol–water partition coefficient (Wildman–Crippen LogP) is 2.57. The Balaban J connectivity index is 1.47. The third-order valence-corrected chi connectivity index (χ3v) is 5.53. The van der Waals surface area contributed by atoms with Gasteiger partial charge in [0.1, 0.15) is 12.4 Å². The van der Waals surface area contributed by atoms with E-state index in [-0.39, 0.29) is 11.6 Å². The predicted molar refractivity (Wildman–Crippen MR) is 100 cm³/mol. The maximum Gasteiger partial charge on any atom is 0.410 e. The molecule has 7 nitrogen and oxygen atoms in total. The fourth-order valence-corrected chi connectivity index (χ4v) is 3.94. The zero-order valence-electron chi connectivity index (χ0n) is 15.7. The Morgan fingerprint density at radius 2 is 2.00 bits per heavy atom. The molecule has 2 aromatic rings. The van der Waals surface area contributed by atoms with E-state index in [1.54, 1.807) is 7.11 Å². The summed E-state index contributed by atoms with van der Waals surface area (Å²) in [5.74, 6) is 1.41. The summed E-state index contributed by atoms with van der Waals surface area (Å²) in [7, 11) is 1.65. The Morgan fingerprint density at radius 3 is 2.74 bits per heavy atom. The molecule has 0 spiro atoms. The van der Waals surface area contributed by atoms with Gasteiger partial charge in [-0.3, -0.25) is 9.80 Å². The van der Waals surface area contributed by atoms with E-state index in [9.17, 15) is 4.79 Å². The van der Waals surface area contributed by atoms with Gasteiger partial charge in [-0.2, -0.15) is 0 Å². The molecule has 1 unspecified atom stereocenters. The number of piperazine rings is 1. The topological polar surface area (TPSA) is 67.8 Å². The van der Waals surface area contributed by atoms with E-state index in [4.69, 9.17) is 9.47 Å². The molecular formula is C20H24N4O3. The lowest BCUT2D eigenvalue weighted by Crippen LogP contribution is -2.60. The van der Waals surface area contributed by atoms with E-state index in [2.05, 4.69) is 21.8 Å². The van der Waals surface area contributed by atoms with Gasteiger partial charge in [0.2, 0.25) is 0 Å². The van der Waals surface area contributed by atoms with E-state index < -0.39 is 0 Å². The monoisotopic (exact) mass is 368 g/mol. The van der Waals surface area contributed by atoms with Crippen molar-refractivity contribution >= 4 is 6.09 Å². The fourth-order valence-electron chi connectivity index (χ4n) is 3.94. The van der Waals surface area contributed by atoms with Gasteiger partial charge in [0.05, 0.1) is 18.2 Å². The first-order chi connectivity index (χ1) is 13.1. The lowest BCUT2D eigenvalue weighted by Gasteiger charge is -2.44. The lowest BCUT2D eigenvalue weighted by atomic mass is 9.93. The molecule has 7 heteroatoms. The highest BCUT2D eigenvalue weighted by Crippen LogP contribution is 2.32. The van der Waals surface area contributed by atoms with E-state index in [1.165, 1.54) is 0 Å². The minimum Gasteiger partial charge on any atom is -0.496 e. The van der Waals surface area contributed by atoms with Crippen LogP contribution in [-0.4, -0.2) is 64.8 Å². The quantitative estimate of drug-likeness (QED) is 0.808. The molecule has 2 saturated heterocycles. The first-order valence-corrected chi connectivity index (χ1v) is 9.26. The van der Waals surface area contributed by atoms with E-state index in [0.29, 0.717) is 19.0 Å². The molecule has 0 saturated carbocycles. The first kappa shape index (κ1) is 17.7. The van der Waals surface area contributed by atoms with Crippen LogP contribution in [0, 0.1) is 0 Å². The molecule has 1 aromatic carbocycles. The second-order valence-electron chi connectivity index (χ2n) is 7.11. The summed E-state index contributed by atoms with van der Waals surface area (Å²) in [6.45, 7) is 5.68. The third kappa shape index (κ3) is 3.23. The van der Waals surface area contributed by atoms with Crippen LogP contribution >= 0.6 is 0 Å². The second-order valence-corrected chi connectivity index (χ2v) is 7.11. The summed E-state index contributed by atoms with van der Waals surface area (Å²) in [6, 6.07) is 7.73. The van der Waals surface area contributed by atoms with E-state index >= 15 is 0 Å². The number of carbonyl (C=O) groups is 1. The zero-order valence-corrected chi connectivity index (χ0v) is 15.7. The van der Waals surface area contributed by atoms with Crippen LogP contribution in [0.25, 0.3) is 11.4 Å². The van der Waals surface area contributed by atoms with Crippen molar-refractivity contribution in [3.8, 4) is 17.1 Å². The normalized spacial score (nSPS) is 22.4. The van der Waals surface area contributed by atoms with Crippen LogP contribution in [0.2, 0.25) is 0 Å². The number of aromatic nitrogens is 2. The number of cyclic esters (lactones) is 1. The average molecular weight is 368 g/mol. The van der Waals surface area contributed by atoms with Crippen LogP contribution in [-0.2, 0) is 11.3 Å². The molecule has 2 aliphatic rings. The highest BCUT2D eigenvalue weighted by atomic mass is 16.6. The maximum atomic E-state index is 11.9. The van der Waals surface area contributed by atoms with Crippen molar-refractivity contribution in [2.45, 2.75) is 25.4 Å². The number of amides is 1. The number of carbonyl (C=O) groups excluding carboxylic acids is 1. The Bertz CT molecular complexity index is 826. The van der Waals surface area contributed by atoms with Gasteiger partial charge in [0.15, 0.2) is 5.82 Å². The molecule has 0 N–H and O–H groups in total. The van der Waals surface area contributed by atoms with Crippen LogP contribution in [0.5, 0.6) is 5.75 Å². The molecule has 0 radical (unpaired) electrons. The number of hydrogen-bond acceptors (Lipinski definition) is 6. The van der Waals surface area contributed by atoms with E-state index in [1.807, 2.05) is 41.6 Å². The number of benzene rings is 1. The van der Waals surface area contributed by atoms with Crippen LogP contribution in [0.1, 0.15) is 18.9 Å². The molecule has 27 heavy (non-hydrogen) atoms. The van der Waals surface area contributed by atoms with Crippen molar-refractivity contribution in [2.24, 2.45) is 0 Å². The summed E-state index contributed by atoms with van der Waals surface area (Å²) in [5, 5.41) is 0. The molecule has 0 bridgehead atoms. The SMILES string of the molecule is CCC12COC(=O)N1CCN(Cc1cnc(-c3ccccc3OC)nc1)C2. The Kier molecular flexibility index (Phi) is 4.70. The van der Waals surface area contributed by atoms with Crippen molar-refractivity contribution in [2.75, 3.05) is 33.4 Å². The van der Waals surface area contributed by atoms with Crippen molar-refractivity contribution < 1.29 is 14.3 Å². The number of hydrogen-bond donors (Lipinski definition) is 0. The summed E-state index contributed by atoms with van der Waals surface area (Å²) in [6.07, 6.45) is 4.45. The maximum absolute atomic E-state index is 11.9. The van der Waals surface area contributed by atoms with Gasteiger partial charge < -0.3 is 9.47 Å². The Labute approximate surface area is 158 Å². The molecule has 3 heterocycles. The minimum absolute atomic E-state index is 0.180. The van der Waals surface area contributed by atoms with Crippen molar-refractivity contribution in [3.05, 3.63) is 42.2 Å². The molecular weight excluding hydrogens is 344 g/mol. The number of nitrogens with zero attached hydrogens (tertiary/aromatic N) is 4. The fraction of sp³-hybridized carbons (Fsp3) is 0.450. The number of para-hydroxylation sites is 1. The number of fused-ring (bicyclic) bond motifs is 1. The van der Waals surface area contributed by atoms with Gasteiger partial charge in [-0.1, -0.05) is 19.1 Å². The zero-order chi connectivity index (χ0) is 18.9. The van der Waals surface area contributed by atoms with Crippen molar-refractivity contribution in [1.29, 1.82) is 0 Å². The molecule has 142 valence electrons. The molecule has 2 aliphatic heterocycles. The average Bonchev–Trinajstić information content (AvgIpc) is 3.05. The summed E-state index contributed by atoms with van der Waals surface area (Å²) in [5.41, 5.74) is 1.73. The lowest BCUT2D eigenvalue weighted by molar-refractivity contribution is 0.0448. The smallest absolute Gasteiger partial charge is 0.410 e. The highest BCUT2D eigenvalue weighted by molar-refractivity contribution is 5.71. The Morgan fingerprint density at radius 1 is 1.22 bits per heavy atom. The summed E-state index contributed by atoms with van der Waals surface area (Å²) in [4.78, 5) is 25.2. The minimum atomic E-state index is -0.201. The van der Waals surface area contributed by atoms with Gasteiger partial charge in [0, 0.05) is 44.1 Å². The van der Waals surface area contributed by atoms with Gasteiger partial charge in [-0.15, -0.1) is 0 Å². The second kappa shape index (κ2) is 7.15. The molecule has 1 aromatic heterocycles. The Hall–Kier alpha value is -2.67. The van der Waals surface area contributed by atoms with E-state index in [0.717, 1.165) is 42.9 Å². The largest absolute Gasteiger partial charge is 0.496 e. The van der Waals surface area contributed by atoms with Crippen molar-refractivity contribution in [1.82, 2.24) is 19.8 Å². The van der Waals surface area contributed by atoms with Crippen LogP contribution in [0.15, 0.2) is 36.7 Å². The molecule has 4 rings (SSSR count). The van der Waals surface area contributed by atoms with Crippen LogP contribution in [0.3, 0.4) is 0 Å². The summed E-state index contributed by atoms with van der Waals surface area (Å²) >= 11 is 0. The number of rotatable bonds is 5. The van der Waals surface area contributed by atoms with Gasteiger partial charge in [-0.05, 0) is 18.6 Å². The van der Waals surface area contributed by atoms with Crippen LogP contribution in [0.4, 0.5) is 4.79 Å². The van der Waals surface area contributed by atoms with Gasteiger partial charge >= 0.3 is 6.09 Å². The van der Waals surface area contributed by atoms with Crippen molar-refractivity contribution in [3.63, 3.8) is 0 Å². The summed E-state index contributed by atoms with van der Waals surface area (Å²) < 4.78 is 10.7. The standard InChI is InChI=1S/C20H24N4O3/c1-3-20-13-23(8-9-24(20)19(25)27-14-20)12-15-10-21-18(22-11-15)16-6-4-5-7-17(16)26-2/h4-7,10-11H,3,8-9,12-14H2,1-2H3. The molecule has 2 fully saturated rings. The van der Waals surface area contributed by atoms with Gasteiger partial charge in [-0.25, -0.2) is 14.8 Å². The third-order valence-electron chi connectivity index (χ3n) is 5.53. The first-order valence-electron chi connectivity index (χ1n) is 9.26. The molecule has 1 atom stereocenters. The molecule has 0 aliphatic carbocycles. The highest BCUT2D eigenvalue weighted by Gasteiger charge is 2.49. The van der Waals surface area contributed by atoms with Crippen LogP contribution < -0.4 is 4.74 Å². The van der Waals surface area contributed by atoms with Gasteiger partial charge in [0.25, 0.3) is 0 Å². The number of methoxy groups -OCH3 is 1. The molecule has 1 amide bonds.